The largest absolute Gasteiger partial charge is 0.309 e. The lowest BCUT2D eigenvalue weighted by atomic mass is 9.93. The highest BCUT2D eigenvalue weighted by atomic mass is 15.0. The molecule has 10 rings (SSSR count). The summed E-state index contributed by atoms with van der Waals surface area (Å²) in [7, 11) is 0. The molecule has 8 aromatic carbocycles. The first kappa shape index (κ1) is 27.5. The van der Waals surface area contributed by atoms with Crippen LogP contribution in [0.4, 0.5) is 0 Å². The third-order valence-corrected chi connectivity index (χ3v) is 9.83. The van der Waals surface area contributed by atoms with Crippen molar-refractivity contribution in [2.24, 2.45) is 0 Å². The lowest BCUT2D eigenvalue weighted by molar-refractivity contribution is 1.17. The number of hydrogen-bond acceptors (Lipinski definition) is 2. The van der Waals surface area contributed by atoms with Crippen molar-refractivity contribution in [2.45, 2.75) is 0 Å². The molecule has 0 bridgehead atoms. The molecule has 0 amide bonds. The Kier molecular flexibility index (Phi) is 6.18. The number of rotatable bonds is 4. The Balaban J connectivity index is 1.25. The van der Waals surface area contributed by atoms with Gasteiger partial charge in [-0.15, -0.1) is 0 Å². The Morgan fingerprint density at radius 2 is 0.878 bits per heavy atom. The molecular formula is C46H29N3. The van der Waals surface area contributed by atoms with Crippen molar-refractivity contribution in [1.29, 1.82) is 0 Å². The third-order valence-electron chi connectivity index (χ3n) is 9.83. The van der Waals surface area contributed by atoms with Crippen LogP contribution in [0.25, 0.3) is 93.6 Å². The van der Waals surface area contributed by atoms with Crippen LogP contribution in [0.5, 0.6) is 0 Å². The van der Waals surface area contributed by atoms with Crippen molar-refractivity contribution >= 4 is 54.4 Å². The molecule has 49 heavy (non-hydrogen) atoms. The van der Waals surface area contributed by atoms with Gasteiger partial charge in [-0.05, 0) is 63.4 Å². The highest BCUT2D eigenvalue weighted by Gasteiger charge is 2.18. The molecule has 3 heteroatoms. The zero-order chi connectivity index (χ0) is 32.3. The summed E-state index contributed by atoms with van der Waals surface area (Å²) in [5.74, 6) is 0. The van der Waals surface area contributed by atoms with Gasteiger partial charge < -0.3 is 4.57 Å². The maximum Gasteiger partial charge on any atom is 0.0979 e. The van der Waals surface area contributed by atoms with Gasteiger partial charge in [0.1, 0.15) is 0 Å². The van der Waals surface area contributed by atoms with E-state index in [1.54, 1.807) is 0 Å². The molecule has 10 aromatic rings. The molecule has 2 aromatic heterocycles. The minimum atomic E-state index is 0.846. The highest BCUT2D eigenvalue weighted by molar-refractivity contribution is 6.24. The molecule has 0 saturated carbocycles. The van der Waals surface area contributed by atoms with Gasteiger partial charge in [0.15, 0.2) is 0 Å². The molecule has 0 aliphatic heterocycles. The van der Waals surface area contributed by atoms with Crippen LogP contribution in [0, 0.1) is 0 Å². The fraction of sp³-hybridized carbons (Fsp3) is 0. The van der Waals surface area contributed by atoms with Crippen LogP contribution in [-0.4, -0.2) is 14.5 Å². The standard InChI is InChI=1S/C46H29N3/c1-3-13-30(14-4-1)32-23-25-36-39(27-32)40-28-33(31-15-5-2-6-16-31)24-26-37(40)46-45(36)47-29-41(48-46)38-19-9-12-22-44(38)49-42-20-10-7-17-34(42)35-18-8-11-21-43(35)49/h1-29H. The quantitative estimate of drug-likeness (QED) is 0.183. The molecule has 0 radical (unpaired) electrons. The lowest BCUT2D eigenvalue weighted by Gasteiger charge is -2.15. The number of para-hydroxylation sites is 3. The van der Waals surface area contributed by atoms with E-state index in [1.807, 2.05) is 6.20 Å². The molecule has 3 nitrogen and oxygen atoms in total. The Labute approximate surface area is 283 Å². The predicted octanol–water partition coefficient (Wildman–Crippen LogP) is 12.0. The van der Waals surface area contributed by atoms with E-state index >= 15 is 0 Å². The van der Waals surface area contributed by atoms with Crippen molar-refractivity contribution in [3.05, 3.63) is 176 Å². The van der Waals surface area contributed by atoms with E-state index in [9.17, 15) is 0 Å². The molecule has 0 N–H and O–H groups in total. The first-order valence-electron chi connectivity index (χ1n) is 16.7. The summed E-state index contributed by atoms with van der Waals surface area (Å²) in [6.07, 6.45) is 1.95. The van der Waals surface area contributed by atoms with Crippen molar-refractivity contribution in [2.75, 3.05) is 0 Å². The first-order chi connectivity index (χ1) is 24.3. The number of aromatic nitrogens is 3. The Morgan fingerprint density at radius 3 is 1.49 bits per heavy atom. The Hall–Kier alpha value is -6.58. The van der Waals surface area contributed by atoms with Gasteiger partial charge in [0.2, 0.25) is 0 Å². The SMILES string of the molecule is c1ccc(-c2ccc3c(c2)c2cc(-c4ccccc4)ccc2c2nc(-c4ccccc4-n4c5ccccc5c5ccccc54)cnc32)cc1. The van der Waals surface area contributed by atoms with Crippen molar-refractivity contribution in [3.8, 4) is 39.2 Å². The van der Waals surface area contributed by atoms with Gasteiger partial charge in [0.25, 0.3) is 0 Å². The average Bonchev–Trinajstić information content (AvgIpc) is 3.52. The molecule has 0 aliphatic carbocycles. The zero-order valence-electron chi connectivity index (χ0n) is 26.6. The summed E-state index contributed by atoms with van der Waals surface area (Å²) in [6.45, 7) is 0. The third kappa shape index (κ3) is 4.37. The van der Waals surface area contributed by atoms with Crippen molar-refractivity contribution < 1.29 is 0 Å². The van der Waals surface area contributed by atoms with Gasteiger partial charge in [-0.1, -0.05) is 140 Å². The summed E-state index contributed by atoms with van der Waals surface area (Å²) in [6, 6.07) is 60.5. The van der Waals surface area contributed by atoms with E-state index in [2.05, 4.69) is 174 Å². The fourth-order valence-corrected chi connectivity index (χ4v) is 7.54. The molecule has 0 unspecified atom stereocenters. The molecule has 2 heterocycles. The fourth-order valence-electron chi connectivity index (χ4n) is 7.54. The average molecular weight is 624 g/mol. The summed E-state index contributed by atoms with van der Waals surface area (Å²) in [5, 5.41) is 7.01. The van der Waals surface area contributed by atoms with E-state index in [0.717, 1.165) is 38.8 Å². The summed E-state index contributed by atoms with van der Waals surface area (Å²) in [5.41, 5.74) is 11.9. The van der Waals surface area contributed by atoms with Gasteiger partial charge in [-0.3, -0.25) is 4.98 Å². The predicted molar refractivity (Wildman–Crippen MR) is 205 cm³/mol. The van der Waals surface area contributed by atoms with E-state index in [1.165, 1.54) is 54.8 Å². The van der Waals surface area contributed by atoms with Crippen LogP contribution in [-0.2, 0) is 0 Å². The van der Waals surface area contributed by atoms with Gasteiger partial charge in [0, 0.05) is 27.1 Å². The second kappa shape index (κ2) is 11.0. The maximum absolute atomic E-state index is 5.46. The van der Waals surface area contributed by atoms with Crippen LogP contribution >= 0.6 is 0 Å². The Morgan fingerprint density at radius 1 is 0.367 bits per heavy atom. The minimum Gasteiger partial charge on any atom is -0.309 e. The summed E-state index contributed by atoms with van der Waals surface area (Å²) < 4.78 is 2.36. The topological polar surface area (TPSA) is 30.7 Å². The minimum absolute atomic E-state index is 0.846. The zero-order valence-corrected chi connectivity index (χ0v) is 26.6. The van der Waals surface area contributed by atoms with Crippen LogP contribution in [0.3, 0.4) is 0 Å². The summed E-state index contributed by atoms with van der Waals surface area (Å²) in [4.78, 5) is 10.7. The van der Waals surface area contributed by atoms with Gasteiger partial charge in [-0.2, -0.15) is 0 Å². The number of nitrogens with zero attached hydrogens (tertiary/aromatic N) is 3. The van der Waals surface area contributed by atoms with Crippen molar-refractivity contribution in [1.82, 2.24) is 14.5 Å². The molecule has 0 aliphatic rings. The molecule has 228 valence electrons. The smallest absolute Gasteiger partial charge is 0.0979 e. The highest BCUT2D eigenvalue weighted by Crippen LogP contribution is 2.40. The Bertz CT molecular complexity index is 2820. The van der Waals surface area contributed by atoms with Crippen molar-refractivity contribution in [3.63, 3.8) is 0 Å². The molecule has 0 fully saturated rings. The molecule has 0 saturated heterocycles. The van der Waals surface area contributed by atoms with Gasteiger partial charge in [-0.25, -0.2) is 4.98 Å². The monoisotopic (exact) mass is 623 g/mol. The number of benzene rings is 8. The maximum atomic E-state index is 5.46. The van der Waals surface area contributed by atoms with E-state index in [-0.39, 0.29) is 0 Å². The second-order valence-corrected chi connectivity index (χ2v) is 12.6. The molecular weight excluding hydrogens is 595 g/mol. The van der Waals surface area contributed by atoms with Crippen LogP contribution in [0.15, 0.2) is 176 Å². The molecule has 0 atom stereocenters. The number of hydrogen-bond donors (Lipinski definition) is 0. The van der Waals surface area contributed by atoms with E-state index in [0.29, 0.717) is 0 Å². The second-order valence-electron chi connectivity index (χ2n) is 12.6. The van der Waals surface area contributed by atoms with Crippen LogP contribution in [0.1, 0.15) is 0 Å². The normalized spacial score (nSPS) is 11.7. The van der Waals surface area contributed by atoms with E-state index < -0.39 is 0 Å². The van der Waals surface area contributed by atoms with Gasteiger partial charge >= 0.3 is 0 Å². The summed E-state index contributed by atoms with van der Waals surface area (Å²) >= 11 is 0. The molecule has 0 spiro atoms. The van der Waals surface area contributed by atoms with Crippen LogP contribution < -0.4 is 0 Å². The van der Waals surface area contributed by atoms with Crippen LogP contribution in [0.2, 0.25) is 0 Å². The van der Waals surface area contributed by atoms with E-state index in [4.69, 9.17) is 9.97 Å². The van der Waals surface area contributed by atoms with Gasteiger partial charge in [0.05, 0.1) is 39.6 Å². The lowest BCUT2D eigenvalue weighted by Crippen LogP contribution is -1.99. The first-order valence-corrected chi connectivity index (χ1v) is 16.7. The number of fused-ring (bicyclic) bond motifs is 9.